The normalized spacial score (nSPS) is 10.6. The van der Waals surface area contributed by atoms with E-state index in [4.69, 9.17) is 9.15 Å². The van der Waals surface area contributed by atoms with Crippen LogP contribution in [-0.4, -0.2) is 17.3 Å². The van der Waals surface area contributed by atoms with Gasteiger partial charge in [0, 0.05) is 5.75 Å². The second-order valence-corrected chi connectivity index (χ2v) is 5.03. The number of oxazole rings is 1. The van der Waals surface area contributed by atoms with Crippen LogP contribution >= 0.6 is 11.8 Å². The van der Waals surface area contributed by atoms with Crippen molar-refractivity contribution in [2.75, 3.05) is 12.4 Å². The third-order valence-corrected chi connectivity index (χ3v) is 3.45. The van der Waals surface area contributed by atoms with Crippen LogP contribution in [0.3, 0.4) is 0 Å². The molecule has 96 valence electrons. The molecule has 0 amide bonds. The van der Waals surface area contributed by atoms with E-state index >= 15 is 0 Å². The van der Waals surface area contributed by atoms with E-state index in [0.717, 1.165) is 41.2 Å². The summed E-state index contributed by atoms with van der Waals surface area (Å²) in [6, 6.07) is 9.86. The number of ether oxygens (including phenoxy) is 1. The van der Waals surface area contributed by atoms with Gasteiger partial charge in [-0.3, -0.25) is 0 Å². The van der Waals surface area contributed by atoms with Gasteiger partial charge in [-0.05, 0) is 32.4 Å². The maximum absolute atomic E-state index is 5.61. The molecule has 0 aliphatic rings. The maximum Gasteiger partial charge on any atom is 0.256 e. The van der Waals surface area contributed by atoms with Crippen LogP contribution in [-0.2, 0) is 0 Å². The highest BCUT2D eigenvalue weighted by molar-refractivity contribution is 7.99. The molecule has 0 saturated heterocycles. The molecule has 3 nitrogen and oxygen atoms in total. The Labute approximate surface area is 112 Å². The SMILES string of the molecule is Cc1nc(SCCCOc2ccccc2)oc1C. The summed E-state index contributed by atoms with van der Waals surface area (Å²) in [5.74, 6) is 2.77. The molecule has 1 aromatic heterocycles. The highest BCUT2D eigenvalue weighted by Crippen LogP contribution is 2.20. The van der Waals surface area contributed by atoms with Crippen molar-refractivity contribution in [2.45, 2.75) is 25.5 Å². The van der Waals surface area contributed by atoms with E-state index < -0.39 is 0 Å². The molecule has 0 N–H and O–H groups in total. The summed E-state index contributed by atoms with van der Waals surface area (Å²) < 4.78 is 11.1. The van der Waals surface area contributed by atoms with Crippen molar-refractivity contribution in [1.29, 1.82) is 0 Å². The van der Waals surface area contributed by atoms with Gasteiger partial charge >= 0.3 is 0 Å². The van der Waals surface area contributed by atoms with Crippen molar-refractivity contribution in [3.05, 3.63) is 41.8 Å². The highest BCUT2D eigenvalue weighted by Gasteiger charge is 2.05. The summed E-state index contributed by atoms with van der Waals surface area (Å²) in [5.41, 5.74) is 0.970. The number of para-hydroxylation sites is 1. The van der Waals surface area contributed by atoms with Crippen molar-refractivity contribution >= 4 is 11.8 Å². The van der Waals surface area contributed by atoms with Crippen LogP contribution in [0.4, 0.5) is 0 Å². The van der Waals surface area contributed by atoms with E-state index in [2.05, 4.69) is 4.98 Å². The van der Waals surface area contributed by atoms with E-state index in [-0.39, 0.29) is 0 Å². The molecule has 0 aliphatic carbocycles. The van der Waals surface area contributed by atoms with E-state index in [1.807, 2.05) is 44.2 Å². The summed E-state index contributed by atoms with van der Waals surface area (Å²) in [4.78, 5) is 4.32. The summed E-state index contributed by atoms with van der Waals surface area (Å²) >= 11 is 1.63. The number of thioether (sulfide) groups is 1. The van der Waals surface area contributed by atoms with Crippen LogP contribution in [0.5, 0.6) is 5.75 Å². The Morgan fingerprint density at radius 3 is 2.67 bits per heavy atom. The fourth-order valence-corrected chi connectivity index (χ4v) is 2.25. The minimum absolute atomic E-state index is 0.718. The zero-order chi connectivity index (χ0) is 12.8. The number of nitrogens with zero attached hydrogens (tertiary/aromatic N) is 1. The highest BCUT2D eigenvalue weighted by atomic mass is 32.2. The molecule has 0 atom stereocenters. The van der Waals surface area contributed by atoms with Gasteiger partial charge in [-0.1, -0.05) is 30.0 Å². The van der Waals surface area contributed by atoms with Crippen LogP contribution in [0, 0.1) is 13.8 Å². The zero-order valence-corrected chi connectivity index (χ0v) is 11.5. The molecular formula is C14H17NO2S. The molecular weight excluding hydrogens is 246 g/mol. The van der Waals surface area contributed by atoms with E-state index in [0.29, 0.717) is 0 Å². The predicted octanol–water partition coefficient (Wildman–Crippen LogP) is 3.85. The van der Waals surface area contributed by atoms with Gasteiger partial charge in [0.25, 0.3) is 5.22 Å². The van der Waals surface area contributed by atoms with E-state index in [1.54, 1.807) is 11.8 Å². The molecule has 18 heavy (non-hydrogen) atoms. The fourth-order valence-electron chi connectivity index (χ4n) is 1.43. The standard InChI is InChI=1S/C14H17NO2S/c1-11-12(2)17-14(15-11)18-10-6-9-16-13-7-4-3-5-8-13/h3-5,7-8H,6,9-10H2,1-2H3. The number of benzene rings is 1. The zero-order valence-electron chi connectivity index (χ0n) is 10.7. The molecule has 0 unspecified atom stereocenters. The molecule has 4 heteroatoms. The number of aromatic nitrogens is 1. The molecule has 0 radical (unpaired) electrons. The number of rotatable bonds is 6. The Hall–Kier alpha value is -1.42. The number of hydrogen-bond acceptors (Lipinski definition) is 4. The van der Waals surface area contributed by atoms with Crippen LogP contribution < -0.4 is 4.74 Å². The van der Waals surface area contributed by atoms with Crippen LogP contribution in [0.25, 0.3) is 0 Å². The van der Waals surface area contributed by atoms with E-state index in [9.17, 15) is 0 Å². The molecule has 0 saturated carbocycles. The maximum atomic E-state index is 5.61. The second-order valence-electron chi connectivity index (χ2n) is 3.98. The average molecular weight is 263 g/mol. The summed E-state index contributed by atoms with van der Waals surface area (Å²) in [6.45, 7) is 4.61. The first-order valence-electron chi connectivity index (χ1n) is 6.00. The van der Waals surface area contributed by atoms with Gasteiger partial charge in [0.05, 0.1) is 12.3 Å². The van der Waals surface area contributed by atoms with E-state index in [1.165, 1.54) is 0 Å². The third kappa shape index (κ3) is 3.81. The lowest BCUT2D eigenvalue weighted by Crippen LogP contribution is -1.98. The second kappa shape index (κ2) is 6.50. The molecule has 1 heterocycles. The molecule has 2 aromatic rings. The number of aryl methyl sites for hydroxylation is 2. The van der Waals surface area contributed by atoms with Crippen molar-refractivity contribution in [3.63, 3.8) is 0 Å². The van der Waals surface area contributed by atoms with Crippen LogP contribution in [0.15, 0.2) is 40.0 Å². The monoisotopic (exact) mass is 263 g/mol. The van der Waals surface area contributed by atoms with Gasteiger partial charge in [0.2, 0.25) is 0 Å². The van der Waals surface area contributed by atoms with Crippen molar-refractivity contribution in [2.24, 2.45) is 0 Å². The van der Waals surface area contributed by atoms with Gasteiger partial charge in [-0.25, -0.2) is 4.98 Å². The molecule has 0 fully saturated rings. The predicted molar refractivity (Wildman–Crippen MR) is 73.3 cm³/mol. The Kier molecular flexibility index (Phi) is 4.70. The van der Waals surface area contributed by atoms with Gasteiger partial charge in [0.1, 0.15) is 11.5 Å². The molecule has 0 aliphatic heterocycles. The Morgan fingerprint density at radius 2 is 2.00 bits per heavy atom. The quantitative estimate of drug-likeness (QED) is 0.585. The lowest BCUT2D eigenvalue weighted by Gasteiger charge is -2.04. The third-order valence-electron chi connectivity index (χ3n) is 2.54. The first kappa shape index (κ1) is 13.0. The lowest BCUT2D eigenvalue weighted by atomic mass is 10.3. The first-order valence-corrected chi connectivity index (χ1v) is 6.99. The Morgan fingerprint density at radius 1 is 1.22 bits per heavy atom. The summed E-state index contributed by atoms with van der Waals surface area (Å²) in [7, 11) is 0. The summed E-state index contributed by atoms with van der Waals surface area (Å²) in [6.07, 6.45) is 0.972. The van der Waals surface area contributed by atoms with Crippen LogP contribution in [0.1, 0.15) is 17.9 Å². The average Bonchev–Trinajstić information content (AvgIpc) is 2.70. The van der Waals surface area contributed by atoms with Gasteiger partial charge in [0.15, 0.2) is 0 Å². The lowest BCUT2D eigenvalue weighted by molar-refractivity contribution is 0.318. The number of hydrogen-bond donors (Lipinski definition) is 0. The van der Waals surface area contributed by atoms with Gasteiger partial charge in [-0.2, -0.15) is 0 Å². The summed E-state index contributed by atoms with van der Waals surface area (Å²) in [5, 5.41) is 0.754. The van der Waals surface area contributed by atoms with Crippen molar-refractivity contribution in [3.8, 4) is 5.75 Å². The Bertz CT molecular complexity index is 462. The largest absolute Gasteiger partial charge is 0.494 e. The van der Waals surface area contributed by atoms with Gasteiger partial charge < -0.3 is 9.15 Å². The molecule has 0 bridgehead atoms. The molecule has 1 aromatic carbocycles. The Balaban J connectivity index is 1.64. The topological polar surface area (TPSA) is 35.3 Å². The minimum atomic E-state index is 0.718. The first-order chi connectivity index (χ1) is 8.75. The van der Waals surface area contributed by atoms with Crippen molar-refractivity contribution in [1.82, 2.24) is 4.98 Å². The molecule has 0 spiro atoms. The van der Waals surface area contributed by atoms with Gasteiger partial charge in [-0.15, -0.1) is 0 Å². The minimum Gasteiger partial charge on any atom is -0.494 e. The molecule has 2 rings (SSSR count). The fraction of sp³-hybridized carbons (Fsp3) is 0.357. The van der Waals surface area contributed by atoms with Crippen LogP contribution in [0.2, 0.25) is 0 Å². The smallest absolute Gasteiger partial charge is 0.256 e. The van der Waals surface area contributed by atoms with Crippen molar-refractivity contribution < 1.29 is 9.15 Å².